The Morgan fingerprint density at radius 1 is 0.960 bits per heavy atom. The molecule has 126 valence electrons. The number of rotatable bonds is 2. The van der Waals surface area contributed by atoms with Crippen LogP contribution < -0.4 is 5.73 Å². The Hall–Kier alpha value is -1.30. The molecule has 2 nitrogen and oxygen atoms in total. The summed E-state index contributed by atoms with van der Waals surface area (Å²) in [7, 11) is 0. The lowest BCUT2D eigenvalue weighted by molar-refractivity contribution is 0.948. The van der Waals surface area contributed by atoms with E-state index >= 15 is 0 Å². The predicted molar refractivity (Wildman–Crippen MR) is 114 cm³/mol. The van der Waals surface area contributed by atoms with Crippen LogP contribution in [0.4, 0.5) is 0 Å². The fourth-order valence-electron chi connectivity index (χ4n) is 3.25. The van der Waals surface area contributed by atoms with Crippen molar-refractivity contribution in [2.75, 3.05) is 0 Å². The third kappa shape index (κ3) is 3.64. The maximum atomic E-state index is 6.16. The molecular weight excluding hydrogens is 460 g/mol. The summed E-state index contributed by atoms with van der Waals surface area (Å²) in [5.74, 6) is 0. The fourth-order valence-corrected chi connectivity index (χ4v) is 4.83. The van der Waals surface area contributed by atoms with Crippen LogP contribution in [-0.4, -0.2) is 5.17 Å². The molecule has 2 aromatic carbocycles. The van der Waals surface area contributed by atoms with Crippen LogP contribution >= 0.6 is 43.6 Å². The van der Waals surface area contributed by atoms with Gasteiger partial charge in [-0.1, -0.05) is 67.9 Å². The van der Waals surface area contributed by atoms with Crippen molar-refractivity contribution >= 4 is 54.9 Å². The average Bonchev–Trinajstić information content (AvgIpc) is 3.00. The Morgan fingerprint density at radius 2 is 1.60 bits per heavy atom. The highest BCUT2D eigenvalue weighted by Gasteiger charge is 2.31. The van der Waals surface area contributed by atoms with Crippen LogP contribution in [0, 0.1) is 0 Å². The number of aliphatic imine (C=N–C) groups is 1. The van der Waals surface area contributed by atoms with Gasteiger partial charge in [0.2, 0.25) is 0 Å². The highest BCUT2D eigenvalue weighted by Crippen LogP contribution is 2.49. The number of benzene rings is 2. The molecule has 0 bridgehead atoms. The van der Waals surface area contributed by atoms with Gasteiger partial charge in [0.05, 0.1) is 10.9 Å². The van der Waals surface area contributed by atoms with Gasteiger partial charge in [-0.3, -0.25) is 0 Å². The van der Waals surface area contributed by atoms with Crippen LogP contribution in [0.1, 0.15) is 29.2 Å². The molecule has 2 N–H and O–H groups in total. The first-order chi connectivity index (χ1) is 12.1. The lowest BCUT2D eigenvalue weighted by Gasteiger charge is -2.23. The third-order valence-electron chi connectivity index (χ3n) is 4.43. The highest BCUT2D eigenvalue weighted by molar-refractivity contribution is 9.10. The Morgan fingerprint density at radius 3 is 2.28 bits per heavy atom. The van der Waals surface area contributed by atoms with Gasteiger partial charge in [-0.05, 0) is 65.5 Å². The number of amidine groups is 1. The second-order valence-corrected chi connectivity index (χ2v) is 9.05. The number of nitrogens with two attached hydrogens (primary N) is 1. The van der Waals surface area contributed by atoms with Gasteiger partial charge < -0.3 is 5.73 Å². The number of nitrogens with zero attached hydrogens (tertiary/aromatic N) is 1. The molecule has 1 unspecified atom stereocenters. The van der Waals surface area contributed by atoms with Gasteiger partial charge in [0, 0.05) is 8.95 Å². The number of halogens is 2. The second kappa shape index (κ2) is 7.14. The smallest absolute Gasteiger partial charge is 0.160 e. The van der Waals surface area contributed by atoms with E-state index in [4.69, 9.17) is 5.73 Å². The van der Waals surface area contributed by atoms with Crippen molar-refractivity contribution in [2.24, 2.45) is 10.7 Å². The standard InChI is InChI=1S/C20H16Br2N2S/c21-15-6-1-12(2-7-15)11-14-5-10-17-18(14)24-20(23)25-19(17)13-3-8-16(22)9-4-13/h1-4,6-9,11,19H,5,10H2,(H2,23,24)/b14-11+. The molecule has 0 fully saturated rings. The molecular formula is C20H16Br2N2S. The number of hydrogen-bond acceptors (Lipinski definition) is 3. The minimum absolute atomic E-state index is 0.261. The van der Waals surface area contributed by atoms with Crippen molar-refractivity contribution < 1.29 is 0 Å². The normalized spacial score (nSPS) is 21.4. The molecule has 0 spiro atoms. The van der Waals surface area contributed by atoms with Crippen molar-refractivity contribution in [1.29, 1.82) is 0 Å². The largest absolute Gasteiger partial charge is 0.378 e. The molecule has 2 aromatic rings. The zero-order chi connectivity index (χ0) is 17.4. The van der Waals surface area contributed by atoms with Crippen LogP contribution in [0.2, 0.25) is 0 Å². The quantitative estimate of drug-likeness (QED) is 0.542. The van der Waals surface area contributed by atoms with Gasteiger partial charge in [0.15, 0.2) is 5.17 Å². The summed E-state index contributed by atoms with van der Waals surface area (Å²) in [6.07, 6.45) is 4.30. The van der Waals surface area contributed by atoms with Crippen LogP contribution in [0.3, 0.4) is 0 Å². The fraction of sp³-hybridized carbons (Fsp3) is 0.150. The molecule has 0 saturated heterocycles. The molecule has 4 rings (SSSR count). The lowest BCUT2D eigenvalue weighted by atomic mass is 10.0. The summed E-state index contributed by atoms with van der Waals surface area (Å²) in [5.41, 5.74) is 12.4. The third-order valence-corrected chi connectivity index (χ3v) is 6.62. The topological polar surface area (TPSA) is 38.4 Å². The Bertz CT molecular complexity index is 896. The summed E-state index contributed by atoms with van der Waals surface area (Å²) in [6.45, 7) is 0. The highest BCUT2D eigenvalue weighted by atomic mass is 79.9. The summed E-state index contributed by atoms with van der Waals surface area (Å²) in [5, 5.41) is 0.909. The average molecular weight is 476 g/mol. The zero-order valence-electron chi connectivity index (χ0n) is 13.4. The van der Waals surface area contributed by atoms with E-state index < -0.39 is 0 Å². The van der Waals surface area contributed by atoms with Gasteiger partial charge in [-0.15, -0.1) is 0 Å². The van der Waals surface area contributed by atoms with Crippen LogP contribution in [0.25, 0.3) is 6.08 Å². The minimum atomic E-state index is 0.261. The SMILES string of the molecule is NC1=NC2=C(CC/C2=C\c2ccc(Br)cc2)C(c2ccc(Br)cc2)S1. The molecule has 2 aliphatic rings. The maximum absolute atomic E-state index is 6.16. The van der Waals surface area contributed by atoms with E-state index in [1.54, 1.807) is 11.8 Å². The second-order valence-electron chi connectivity index (χ2n) is 6.09. The summed E-state index contributed by atoms with van der Waals surface area (Å²) in [4.78, 5) is 4.68. The molecule has 0 saturated carbocycles. The van der Waals surface area contributed by atoms with E-state index in [1.165, 1.54) is 22.3 Å². The summed E-state index contributed by atoms with van der Waals surface area (Å²) in [6, 6.07) is 16.9. The first-order valence-electron chi connectivity index (χ1n) is 8.06. The van der Waals surface area contributed by atoms with Gasteiger partial charge in [-0.2, -0.15) is 0 Å². The van der Waals surface area contributed by atoms with Crippen molar-refractivity contribution in [3.05, 3.63) is 85.4 Å². The van der Waals surface area contributed by atoms with Gasteiger partial charge in [0.25, 0.3) is 0 Å². The van der Waals surface area contributed by atoms with E-state index in [0.29, 0.717) is 5.17 Å². The first-order valence-corrected chi connectivity index (χ1v) is 10.5. The van der Waals surface area contributed by atoms with Crippen molar-refractivity contribution in [3.63, 3.8) is 0 Å². The van der Waals surface area contributed by atoms with Crippen LogP contribution in [0.5, 0.6) is 0 Å². The molecule has 5 heteroatoms. The molecule has 0 radical (unpaired) electrons. The van der Waals surface area contributed by atoms with Gasteiger partial charge >= 0.3 is 0 Å². The number of allylic oxidation sites excluding steroid dienone is 1. The number of hydrogen-bond donors (Lipinski definition) is 1. The minimum Gasteiger partial charge on any atom is -0.378 e. The van der Waals surface area contributed by atoms with E-state index in [1.807, 2.05) is 0 Å². The summed E-state index contributed by atoms with van der Waals surface area (Å²) < 4.78 is 2.18. The Labute approximate surface area is 168 Å². The maximum Gasteiger partial charge on any atom is 0.160 e. The Balaban J connectivity index is 1.72. The van der Waals surface area contributed by atoms with E-state index in [9.17, 15) is 0 Å². The lowest BCUT2D eigenvalue weighted by Crippen LogP contribution is -2.15. The van der Waals surface area contributed by atoms with Crippen molar-refractivity contribution in [1.82, 2.24) is 0 Å². The molecule has 1 atom stereocenters. The first kappa shape index (κ1) is 17.1. The van der Waals surface area contributed by atoms with E-state index in [-0.39, 0.29) is 5.25 Å². The molecule has 25 heavy (non-hydrogen) atoms. The molecule has 0 aromatic heterocycles. The molecule has 0 amide bonds. The van der Waals surface area contributed by atoms with Gasteiger partial charge in [-0.25, -0.2) is 4.99 Å². The van der Waals surface area contributed by atoms with E-state index in [2.05, 4.69) is 91.5 Å². The van der Waals surface area contributed by atoms with Crippen molar-refractivity contribution in [3.8, 4) is 0 Å². The predicted octanol–water partition coefficient (Wildman–Crippen LogP) is 6.45. The Kier molecular flexibility index (Phi) is 4.89. The molecule has 1 aliphatic heterocycles. The monoisotopic (exact) mass is 474 g/mol. The zero-order valence-corrected chi connectivity index (χ0v) is 17.4. The molecule has 1 heterocycles. The van der Waals surface area contributed by atoms with Crippen molar-refractivity contribution in [2.45, 2.75) is 18.1 Å². The van der Waals surface area contributed by atoms with Crippen LogP contribution in [0.15, 0.2) is 79.3 Å². The van der Waals surface area contributed by atoms with E-state index in [0.717, 1.165) is 27.5 Å². The molecule has 1 aliphatic carbocycles. The van der Waals surface area contributed by atoms with Gasteiger partial charge in [0.1, 0.15) is 0 Å². The van der Waals surface area contributed by atoms with Crippen LogP contribution in [-0.2, 0) is 0 Å². The summed E-state index contributed by atoms with van der Waals surface area (Å²) >= 11 is 8.65. The number of thioether (sulfide) groups is 1.